The summed E-state index contributed by atoms with van der Waals surface area (Å²) < 4.78 is 37.7. The summed E-state index contributed by atoms with van der Waals surface area (Å²) in [4.78, 5) is 12.1. The Morgan fingerprint density at radius 1 is 1.05 bits per heavy atom. The molecule has 0 bridgehead atoms. The van der Waals surface area contributed by atoms with Gasteiger partial charge in [0.15, 0.2) is 0 Å². The number of alkyl halides is 3. The third kappa shape index (κ3) is 4.96. The Labute approximate surface area is 130 Å². The lowest BCUT2D eigenvalue weighted by Crippen LogP contribution is -2.07. The second kappa shape index (κ2) is 7.17. The van der Waals surface area contributed by atoms with Gasteiger partial charge in [-0.25, -0.2) is 0 Å². The molecule has 2 rings (SSSR count). The zero-order valence-electron chi connectivity index (χ0n) is 11.3. The molecule has 0 fully saturated rings. The van der Waals surface area contributed by atoms with Crippen molar-refractivity contribution in [1.82, 2.24) is 0 Å². The zero-order valence-corrected chi connectivity index (χ0v) is 12.1. The van der Waals surface area contributed by atoms with E-state index in [9.17, 15) is 18.0 Å². The van der Waals surface area contributed by atoms with E-state index in [1.165, 1.54) is 17.6 Å². The average Bonchev–Trinajstić information content (AvgIpc) is 2.48. The van der Waals surface area contributed by atoms with E-state index in [1.807, 2.05) is 6.07 Å². The lowest BCUT2D eigenvalue weighted by molar-refractivity contribution is -0.137. The van der Waals surface area contributed by atoms with Crippen molar-refractivity contribution < 1.29 is 18.0 Å². The molecule has 114 valence electrons. The highest BCUT2D eigenvalue weighted by atomic mass is 32.2. The monoisotopic (exact) mass is 323 g/mol. The van der Waals surface area contributed by atoms with Crippen LogP contribution in [0, 0.1) is 0 Å². The zero-order chi connectivity index (χ0) is 16.0. The van der Waals surface area contributed by atoms with Crippen molar-refractivity contribution in [3.05, 3.63) is 71.6 Å². The first kappa shape index (κ1) is 16.2. The summed E-state index contributed by atoms with van der Waals surface area (Å²) in [6.07, 6.45) is -3.09. The summed E-state index contributed by atoms with van der Waals surface area (Å²) >= 11 is 1.05. The van der Waals surface area contributed by atoms with Crippen LogP contribution in [0.4, 0.5) is 18.9 Å². The molecular weight excluding hydrogens is 311 g/mol. The van der Waals surface area contributed by atoms with Crippen LogP contribution in [0.1, 0.15) is 5.56 Å². The van der Waals surface area contributed by atoms with Gasteiger partial charge < -0.3 is 5.32 Å². The number of hydrogen-bond donors (Lipinski definition) is 1. The van der Waals surface area contributed by atoms with Crippen molar-refractivity contribution in [3.63, 3.8) is 0 Å². The third-order valence-electron chi connectivity index (χ3n) is 2.63. The standard InChI is InChI=1S/C16H12F3NOS/c17-16(18,19)12-5-4-8-14(11-12)22-10-9-15(21)20-13-6-2-1-3-7-13/h1-11H,(H,20,21)/b10-9+. The Morgan fingerprint density at radius 2 is 1.77 bits per heavy atom. The molecule has 1 amide bonds. The Balaban J connectivity index is 1.94. The number of benzene rings is 2. The Kier molecular flexibility index (Phi) is 5.27. The van der Waals surface area contributed by atoms with Crippen LogP contribution in [0.2, 0.25) is 0 Å². The molecule has 2 aromatic rings. The Bertz CT molecular complexity index is 669. The highest BCUT2D eigenvalue weighted by Gasteiger charge is 2.30. The molecule has 22 heavy (non-hydrogen) atoms. The van der Waals surface area contributed by atoms with Crippen LogP contribution in [0.15, 0.2) is 71.0 Å². The van der Waals surface area contributed by atoms with E-state index in [-0.39, 0.29) is 5.91 Å². The number of thioether (sulfide) groups is 1. The number of anilines is 1. The van der Waals surface area contributed by atoms with Crippen LogP contribution < -0.4 is 5.32 Å². The van der Waals surface area contributed by atoms with Crippen molar-refractivity contribution in [1.29, 1.82) is 0 Å². The summed E-state index contributed by atoms with van der Waals surface area (Å²) in [6, 6.07) is 13.8. The lowest BCUT2D eigenvalue weighted by Gasteiger charge is -2.07. The number of carbonyl (C=O) groups is 1. The maximum atomic E-state index is 12.6. The van der Waals surface area contributed by atoms with Gasteiger partial charge in [0.2, 0.25) is 5.91 Å². The molecule has 0 aromatic heterocycles. The summed E-state index contributed by atoms with van der Waals surface area (Å²) in [7, 11) is 0. The largest absolute Gasteiger partial charge is 0.416 e. The van der Waals surface area contributed by atoms with Gasteiger partial charge in [-0.1, -0.05) is 36.0 Å². The van der Waals surface area contributed by atoms with Crippen LogP contribution in [-0.2, 0) is 11.0 Å². The van der Waals surface area contributed by atoms with E-state index in [0.717, 1.165) is 23.9 Å². The number of nitrogens with one attached hydrogen (secondary N) is 1. The second-order valence-electron chi connectivity index (χ2n) is 4.30. The summed E-state index contributed by atoms with van der Waals surface area (Å²) in [5.41, 5.74) is -0.0548. The SMILES string of the molecule is O=C(/C=C/Sc1cccc(C(F)(F)F)c1)Nc1ccccc1. The van der Waals surface area contributed by atoms with E-state index in [0.29, 0.717) is 10.6 Å². The van der Waals surface area contributed by atoms with Crippen molar-refractivity contribution in [2.45, 2.75) is 11.1 Å². The van der Waals surface area contributed by atoms with Gasteiger partial charge in [-0.05, 0) is 35.7 Å². The molecule has 0 saturated heterocycles. The summed E-state index contributed by atoms with van der Waals surface area (Å²) in [5, 5.41) is 4.10. The number of para-hydroxylation sites is 1. The van der Waals surface area contributed by atoms with Gasteiger partial charge in [-0.15, -0.1) is 0 Å². The second-order valence-corrected chi connectivity index (χ2v) is 5.28. The summed E-state index contributed by atoms with van der Waals surface area (Å²) in [6.45, 7) is 0. The van der Waals surface area contributed by atoms with Crippen LogP contribution in [0.25, 0.3) is 0 Å². The smallest absolute Gasteiger partial charge is 0.322 e. The molecule has 0 aliphatic rings. The molecule has 0 atom stereocenters. The minimum atomic E-state index is -4.37. The van der Waals surface area contributed by atoms with Gasteiger partial charge >= 0.3 is 6.18 Å². The highest BCUT2D eigenvalue weighted by Crippen LogP contribution is 2.32. The maximum Gasteiger partial charge on any atom is 0.416 e. The molecule has 6 heteroatoms. The Morgan fingerprint density at radius 3 is 2.45 bits per heavy atom. The molecule has 0 spiro atoms. The number of carbonyl (C=O) groups excluding carboxylic acids is 1. The van der Waals surface area contributed by atoms with Crippen LogP contribution in [0.3, 0.4) is 0 Å². The molecule has 0 radical (unpaired) electrons. The number of halogens is 3. The van der Waals surface area contributed by atoms with Crippen molar-refractivity contribution in [3.8, 4) is 0 Å². The molecule has 0 unspecified atom stereocenters. The van der Waals surface area contributed by atoms with Crippen molar-refractivity contribution in [2.75, 3.05) is 5.32 Å². The van der Waals surface area contributed by atoms with Crippen LogP contribution in [-0.4, -0.2) is 5.91 Å². The topological polar surface area (TPSA) is 29.1 Å². The molecular formula is C16H12F3NOS. The van der Waals surface area contributed by atoms with E-state index >= 15 is 0 Å². The van der Waals surface area contributed by atoms with E-state index < -0.39 is 11.7 Å². The third-order valence-corrected chi connectivity index (χ3v) is 3.42. The first-order valence-electron chi connectivity index (χ1n) is 6.31. The highest BCUT2D eigenvalue weighted by molar-refractivity contribution is 8.02. The van der Waals surface area contributed by atoms with E-state index in [2.05, 4.69) is 5.32 Å². The van der Waals surface area contributed by atoms with Crippen LogP contribution in [0.5, 0.6) is 0 Å². The fourth-order valence-corrected chi connectivity index (χ4v) is 2.33. The summed E-state index contributed by atoms with van der Waals surface area (Å²) in [5.74, 6) is -0.342. The molecule has 2 nitrogen and oxygen atoms in total. The fourth-order valence-electron chi connectivity index (χ4n) is 1.63. The van der Waals surface area contributed by atoms with Gasteiger partial charge in [-0.2, -0.15) is 13.2 Å². The van der Waals surface area contributed by atoms with Gasteiger partial charge in [0.05, 0.1) is 5.56 Å². The fraction of sp³-hybridized carbons (Fsp3) is 0.0625. The first-order valence-corrected chi connectivity index (χ1v) is 7.19. The molecule has 0 aliphatic heterocycles. The molecule has 2 aromatic carbocycles. The maximum absolute atomic E-state index is 12.6. The van der Waals surface area contributed by atoms with E-state index in [1.54, 1.807) is 30.3 Å². The van der Waals surface area contributed by atoms with Gasteiger partial charge in [-0.3, -0.25) is 4.79 Å². The molecule has 0 heterocycles. The quantitative estimate of drug-likeness (QED) is 0.637. The van der Waals surface area contributed by atoms with Gasteiger partial charge in [0, 0.05) is 16.7 Å². The Hall–Kier alpha value is -2.21. The minimum absolute atomic E-state index is 0.342. The normalized spacial score (nSPS) is 11.6. The molecule has 1 N–H and O–H groups in total. The molecule has 0 saturated carbocycles. The number of amides is 1. The predicted molar refractivity (Wildman–Crippen MR) is 81.5 cm³/mol. The first-order chi connectivity index (χ1) is 10.4. The molecule has 0 aliphatic carbocycles. The van der Waals surface area contributed by atoms with Crippen molar-refractivity contribution >= 4 is 23.4 Å². The number of rotatable bonds is 4. The average molecular weight is 323 g/mol. The van der Waals surface area contributed by atoms with Crippen LogP contribution >= 0.6 is 11.8 Å². The predicted octanol–water partition coefficient (Wildman–Crippen LogP) is 4.95. The minimum Gasteiger partial charge on any atom is -0.322 e. The van der Waals surface area contributed by atoms with Crippen molar-refractivity contribution in [2.24, 2.45) is 0 Å². The van der Waals surface area contributed by atoms with E-state index in [4.69, 9.17) is 0 Å². The van der Waals surface area contributed by atoms with Gasteiger partial charge in [0.1, 0.15) is 0 Å². The van der Waals surface area contributed by atoms with Gasteiger partial charge in [0.25, 0.3) is 0 Å². The number of hydrogen-bond acceptors (Lipinski definition) is 2. The lowest BCUT2D eigenvalue weighted by atomic mass is 10.2.